The van der Waals surface area contributed by atoms with E-state index in [1.54, 1.807) is 0 Å². The summed E-state index contributed by atoms with van der Waals surface area (Å²) in [6.07, 6.45) is 9.55. The van der Waals surface area contributed by atoms with E-state index < -0.39 is 0 Å². The molecule has 0 bridgehead atoms. The van der Waals surface area contributed by atoms with Crippen molar-refractivity contribution in [3.8, 4) is 6.07 Å². The predicted molar refractivity (Wildman–Crippen MR) is 81.2 cm³/mol. The van der Waals surface area contributed by atoms with E-state index in [9.17, 15) is 5.26 Å². The van der Waals surface area contributed by atoms with Gasteiger partial charge in [0.05, 0.1) is 23.2 Å². The standard InChI is InChI=1S/C17H27N3/c1-4-16(5-2)20-11-8-15(19-20)12-17(13-18)9-6-14(3)7-10-17/h8,11,14,16H,4-7,9-10,12H2,1-3H3. The van der Waals surface area contributed by atoms with Crippen LogP contribution in [-0.2, 0) is 6.42 Å². The van der Waals surface area contributed by atoms with Crippen LogP contribution in [0.2, 0.25) is 0 Å². The highest BCUT2D eigenvalue weighted by atomic mass is 15.3. The van der Waals surface area contributed by atoms with Gasteiger partial charge in [0.2, 0.25) is 0 Å². The van der Waals surface area contributed by atoms with Gasteiger partial charge < -0.3 is 0 Å². The van der Waals surface area contributed by atoms with Crippen molar-refractivity contribution in [2.75, 3.05) is 0 Å². The summed E-state index contributed by atoms with van der Waals surface area (Å²) in [4.78, 5) is 0. The van der Waals surface area contributed by atoms with Gasteiger partial charge >= 0.3 is 0 Å². The molecule has 1 aliphatic carbocycles. The van der Waals surface area contributed by atoms with Crippen LogP contribution in [0.4, 0.5) is 0 Å². The summed E-state index contributed by atoms with van der Waals surface area (Å²) in [5, 5.41) is 14.3. The molecule has 0 aromatic carbocycles. The van der Waals surface area contributed by atoms with E-state index in [0.717, 1.165) is 43.7 Å². The minimum absolute atomic E-state index is 0.167. The smallest absolute Gasteiger partial charge is 0.0693 e. The van der Waals surface area contributed by atoms with Crippen LogP contribution in [0.25, 0.3) is 0 Å². The van der Waals surface area contributed by atoms with Crippen molar-refractivity contribution in [2.45, 2.75) is 71.8 Å². The zero-order valence-electron chi connectivity index (χ0n) is 13.1. The number of nitrogens with zero attached hydrogens (tertiary/aromatic N) is 3. The number of hydrogen-bond donors (Lipinski definition) is 0. The average molecular weight is 273 g/mol. The Bertz CT molecular complexity index is 457. The largest absolute Gasteiger partial charge is 0.269 e. The summed E-state index contributed by atoms with van der Waals surface area (Å²) < 4.78 is 2.09. The number of rotatable bonds is 5. The van der Waals surface area contributed by atoms with Crippen LogP contribution in [-0.4, -0.2) is 9.78 Å². The molecule has 1 heterocycles. The third-order valence-electron chi connectivity index (χ3n) is 4.97. The minimum Gasteiger partial charge on any atom is -0.269 e. The van der Waals surface area contributed by atoms with Gasteiger partial charge in [-0.3, -0.25) is 4.68 Å². The Morgan fingerprint density at radius 2 is 2.05 bits per heavy atom. The molecular formula is C17H27N3. The Balaban J connectivity index is 2.07. The monoisotopic (exact) mass is 273 g/mol. The third kappa shape index (κ3) is 3.23. The fraction of sp³-hybridized carbons (Fsp3) is 0.765. The van der Waals surface area contributed by atoms with Crippen molar-refractivity contribution in [2.24, 2.45) is 11.3 Å². The molecule has 0 aliphatic heterocycles. The van der Waals surface area contributed by atoms with Gasteiger partial charge in [0.15, 0.2) is 0 Å². The molecule has 1 aromatic heterocycles. The van der Waals surface area contributed by atoms with Gasteiger partial charge in [-0.15, -0.1) is 0 Å². The Morgan fingerprint density at radius 3 is 2.60 bits per heavy atom. The van der Waals surface area contributed by atoms with Crippen molar-refractivity contribution in [1.29, 1.82) is 5.26 Å². The van der Waals surface area contributed by atoms with E-state index >= 15 is 0 Å². The lowest BCUT2D eigenvalue weighted by Crippen LogP contribution is -2.27. The Morgan fingerprint density at radius 1 is 1.40 bits per heavy atom. The summed E-state index contributed by atoms with van der Waals surface area (Å²) >= 11 is 0. The van der Waals surface area contributed by atoms with Crippen molar-refractivity contribution >= 4 is 0 Å². The van der Waals surface area contributed by atoms with E-state index in [0.29, 0.717) is 6.04 Å². The summed E-state index contributed by atoms with van der Waals surface area (Å²) in [5.74, 6) is 0.776. The molecule has 110 valence electrons. The number of aromatic nitrogens is 2. The Kier molecular flexibility index (Phi) is 4.86. The second-order valence-electron chi connectivity index (χ2n) is 6.51. The first-order valence-electron chi connectivity index (χ1n) is 8.07. The first kappa shape index (κ1) is 15.1. The second kappa shape index (κ2) is 6.43. The molecule has 1 aliphatic rings. The third-order valence-corrected chi connectivity index (χ3v) is 4.97. The molecule has 0 saturated heterocycles. The highest BCUT2D eigenvalue weighted by Gasteiger charge is 2.35. The van der Waals surface area contributed by atoms with E-state index in [1.807, 2.05) is 0 Å². The summed E-state index contributed by atoms with van der Waals surface area (Å²) in [5.41, 5.74) is 0.924. The van der Waals surface area contributed by atoms with Crippen molar-refractivity contribution in [1.82, 2.24) is 9.78 Å². The van der Waals surface area contributed by atoms with E-state index in [4.69, 9.17) is 5.10 Å². The van der Waals surface area contributed by atoms with Gasteiger partial charge in [0.1, 0.15) is 0 Å². The molecule has 0 atom stereocenters. The molecule has 0 spiro atoms. The van der Waals surface area contributed by atoms with Gasteiger partial charge in [-0.25, -0.2) is 0 Å². The maximum atomic E-state index is 9.61. The molecule has 0 N–H and O–H groups in total. The molecule has 0 unspecified atom stereocenters. The van der Waals surface area contributed by atoms with Crippen LogP contribution < -0.4 is 0 Å². The number of nitriles is 1. The molecule has 20 heavy (non-hydrogen) atoms. The maximum Gasteiger partial charge on any atom is 0.0693 e. The van der Waals surface area contributed by atoms with Crippen molar-refractivity contribution in [3.63, 3.8) is 0 Å². The van der Waals surface area contributed by atoms with E-state index in [-0.39, 0.29) is 5.41 Å². The van der Waals surface area contributed by atoms with Gasteiger partial charge in [0, 0.05) is 12.6 Å². The van der Waals surface area contributed by atoms with Crippen LogP contribution in [0.3, 0.4) is 0 Å². The van der Waals surface area contributed by atoms with Crippen molar-refractivity contribution in [3.05, 3.63) is 18.0 Å². The summed E-state index contributed by atoms with van der Waals surface area (Å²) in [6.45, 7) is 6.70. The zero-order chi connectivity index (χ0) is 14.6. The van der Waals surface area contributed by atoms with Gasteiger partial charge in [-0.2, -0.15) is 10.4 Å². The highest BCUT2D eigenvalue weighted by Crippen LogP contribution is 2.40. The normalized spacial score (nSPS) is 26.6. The number of hydrogen-bond acceptors (Lipinski definition) is 2. The zero-order valence-corrected chi connectivity index (χ0v) is 13.1. The first-order valence-corrected chi connectivity index (χ1v) is 8.07. The molecule has 3 nitrogen and oxygen atoms in total. The van der Waals surface area contributed by atoms with Crippen LogP contribution in [0.15, 0.2) is 12.3 Å². The van der Waals surface area contributed by atoms with Gasteiger partial charge in [0.25, 0.3) is 0 Å². The van der Waals surface area contributed by atoms with Crippen LogP contribution in [0.1, 0.15) is 71.0 Å². The molecule has 0 amide bonds. The first-order chi connectivity index (χ1) is 9.62. The molecule has 0 radical (unpaired) electrons. The molecule has 3 heteroatoms. The van der Waals surface area contributed by atoms with E-state index in [2.05, 4.69) is 43.8 Å². The summed E-state index contributed by atoms with van der Waals surface area (Å²) in [6, 6.07) is 5.20. The lowest BCUT2D eigenvalue weighted by molar-refractivity contribution is 0.216. The molecule has 1 aromatic rings. The topological polar surface area (TPSA) is 41.6 Å². The molecule has 1 saturated carbocycles. The van der Waals surface area contributed by atoms with Crippen molar-refractivity contribution < 1.29 is 0 Å². The Hall–Kier alpha value is -1.30. The summed E-state index contributed by atoms with van der Waals surface area (Å²) in [7, 11) is 0. The van der Waals surface area contributed by atoms with Gasteiger partial charge in [-0.1, -0.05) is 20.8 Å². The molecule has 1 fully saturated rings. The van der Waals surface area contributed by atoms with Gasteiger partial charge in [-0.05, 0) is 50.5 Å². The SMILES string of the molecule is CCC(CC)n1ccc(CC2(C#N)CCC(C)CC2)n1. The fourth-order valence-corrected chi connectivity index (χ4v) is 3.33. The lowest BCUT2D eigenvalue weighted by atomic mass is 9.69. The Labute approximate surface area is 123 Å². The lowest BCUT2D eigenvalue weighted by Gasteiger charge is -2.33. The quantitative estimate of drug-likeness (QED) is 0.792. The van der Waals surface area contributed by atoms with Crippen LogP contribution in [0, 0.1) is 22.7 Å². The highest BCUT2D eigenvalue weighted by molar-refractivity contribution is 5.11. The van der Waals surface area contributed by atoms with E-state index in [1.165, 1.54) is 12.8 Å². The molecular weight excluding hydrogens is 246 g/mol. The molecule has 2 rings (SSSR count). The van der Waals surface area contributed by atoms with Crippen LogP contribution in [0.5, 0.6) is 0 Å². The minimum atomic E-state index is -0.167. The second-order valence-corrected chi connectivity index (χ2v) is 6.51. The maximum absolute atomic E-state index is 9.61. The fourth-order valence-electron chi connectivity index (χ4n) is 3.33. The van der Waals surface area contributed by atoms with Crippen LogP contribution >= 0.6 is 0 Å². The predicted octanol–water partition coefficient (Wildman–Crippen LogP) is 4.51. The average Bonchev–Trinajstić information content (AvgIpc) is 2.91.